The smallest absolute Gasteiger partial charge is 0.328 e. The van der Waals surface area contributed by atoms with Crippen molar-refractivity contribution in [2.24, 2.45) is 0 Å². The van der Waals surface area contributed by atoms with Crippen LogP contribution in [0.3, 0.4) is 0 Å². The Labute approximate surface area is 98.1 Å². The van der Waals surface area contributed by atoms with Crippen LogP contribution in [0.25, 0.3) is 6.08 Å². The minimum Gasteiger partial charge on any atom is -0.478 e. The summed E-state index contributed by atoms with van der Waals surface area (Å²) in [5.74, 6) is -1.14. The molecular weight excluding hydrogens is 252 g/mol. The summed E-state index contributed by atoms with van der Waals surface area (Å²) in [5, 5.41) is 8.75. The molecule has 1 N–H and O–H groups in total. The molecule has 1 aromatic carbocycles. The van der Waals surface area contributed by atoms with E-state index in [1.54, 1.807) is 0 Å². The van der Waals surface area contributed by atoms with Crippen molar-refractivity contribution >= 4 is 33.5 Å². The molecule has 86 valence electrons. The highest BCUT2D eigenvalue weighted by Gasteiger charge is 2.12. The summed E-state index contributed by atoms with van der Waals surface area (Å²) in [4.78, 5) is 10.3. The van der Waals surface area contributed by atoms with Crippen LogP contribution < -0.4 is 0 Å². The molecule has 1 rings (SSSR count). The van der Waals surface area contributed by atoms with Crippen molar-refractivity contribution in [1.29, 1.82) is 0 Å². The Morgan fingerprint density at radius 3 is 2.56 bits per heavy atom. The molecule has 0 heterocycles. The van der Waals surface area contributed by atoms with Gasteiger partial charge >= 0.3 is 5.97 Å². The van der Waals surface area contributed by atoms with Crippen molar-refractivity contribution in [2.45, 2.75) is 4.90 Å². The van der Waals surface area contributed by atoms with Crippen LogP contribution in [0.15, 0.2) is 29.2 Å². The lowest BCUT2D eigenvalue weighted by Gasteiger charge is -2.03. The van der Waals surface area contributed by atoms with Crippen LogP contribution in [0.4, 0.5) is 0 Å². The van der Waals surface area contributed by atoms with Crippen LogP contribution in [-0.4, -0.2) is 25.7 Å². The van der Waals surface area contributed by atoms with Gasteiger partial charge in [-0.3, -0.25) is 0 Å². The first-order valence-electron chi connectivity index (χ1n) is 4.21. The number of halogens is 1. The average molecular weight is 261 g/mol. The zero-order chi connectivity index (χ0) is 12.3. The van der Waals surface area contributed by atoms with Crippen molar-refractivity contribution in [1.82, 2.24) is 0 Å². The Balaban J connectivity index is 3.35. The van der Waals surface area contributed by atoms with Gasteiger partial charge in [0.2, 0.25) is 0 Å². The first kappa shape index (κ1) is 12.7. The van der Waals surface area contributed by atoms with E-state index in [0.717, 1.165) is 12.3 Å². The van der Waals surface area contributed by atoms with Crippen LogP contribution in [0.5, 0.6) is 0 Å². The molecular formula is C10H9ClO4S. The molecule has 0 unspecified atom stereocenters. The molecule has 0 spiro atoms. The van der Waals surface area contributed by atoms with Gasteiger partial charge in [0.05, 0.1) is 4.90 Å². The zero-order valence-corrected chi connectivity index (χ0v) is 9.92. The normalized spacial score (nSPS) is 11.9. The van der Waals surface area contributed by atoms with Crippen molar-refractivity contribution in [3.05, 3.63) is 34.9 Å². The van der Waals surface area contributed by atoms with Gasteiger partial charge in [0.25, 0.3) is 0 Å². The van der Waals surface area contributed by atoms with Crippen LogP contribution in [0, 0.1) is 0 Å². The van der Waals surface area contributed by atoms with Crippen molar-refractivity contribution < 1.29 is 18.3 Å². The molecule has 0 fully saturated rings. The zero-order valence-electron chi connectivity index (χ0n) is 8.34. The highest BCUT2D eigenvalue weighted by Crippen LogP contribution is 2.21. The van der Waals surface area contributed by atoms with Gasteiger partial charge < -0.3 is 5.11 Å². The number of rotatable bonds is 3. The van der Waals surface area contributed by atoms with Crippen LogP contribution in [0.1, 0.15) is 5.56 Å². The molecule has 0 amide bonds. The van der Waals surface area contributed by atoms with Gasteiger partial charge in [0.1, 0.15) is 0 Å². The van der Waals surface area contributed by atoms with E-state index in [-0.39, 0.29) is 9.92 Å². The fourth-order valence-corrected chi connectivity index (χ4v) is 2.27. The number of aliphatic carboxylic acids is 1. The maximum atomic E-state index is 11.4. The van der Waals surface area contributed by atoms with Crippen LogP contribution in [0.2, 0.25) is 5.02 Å². The fraction of sp³-hybridized carbons (Fsp3) is 0.100. The number of carboxylic acids is 1. The molecule has 16 heavy (non-hydrogen) atoms. The van der Waals surface area contributed by atoms with E-state index in [2.05, 4.69) is 0 Å². The number of carbonyl (C=O) groups is 1. The predicted octanol–water partition coefficient (Wildman–Crippen LogP) is 1.84. The molecule has 0 bridgehead atoms. The fourth-order valence-electron chi connectivity index (χ4n) is 1.13. The summed E-state index contributed by atoms with van der Waals surface area (Å²) in [7, 11) is -3.43. The van der Waals surface area contributed by atoms with Gasteiger partial charge in [0.15, 0.2) is 9.84 Å². The average Bonchev–Trinajstić information content (AvgIpc) is 2.14. The minimum atomic E-state index is -3.43. The number of hydrogen-bond acceptors (Lipinski definition) is 3. The maximum absolute atomic E-state index is 11.4. The lowest BCUT2D eigenvalue weighted by atomic mass is 10.2. The molecule has 0 aliphatic carbocycles. The van der Waals surface area contributed by atoms with Gasteiger partial charge in [0, 0.05) is 17.4 Å². The standard InChI is InChI=1S/C10H9ClO4S/c1-16(14,15)9-6-8(11)4-2-7(9)3-5-10(12)13/h2-6H,1H3,(H,12,13). The van der Waals surface area contributed by atoms with E-state index >= 15 is 0 Å². The SMILES string of the molecule is CS(=O)(=O)c1cc(Cl)ccc1C=CC(=O)O. The quantitative estimate of drug-likeness (QED) is 0.842. The van der Waals surface area contributed by atoms with Crippen molar-refractivity contribution in [2.75, 3.05) is 6.26 Å². The second kappa shape index (κ2) is 4.67. The third kappa shape index (κ3) is 3.36. The molecule has 6 heteroatoms. The lowest BCUT2D eigenvalue weighted by Crippen LogP contribution is -2.00. The Morgan fingerprint density at radius 1 is 1.44 bits per heavy atom. The first-order chi connectivity index (χ1) is 7.30. The van der Waals surface area contributed by atoms with E-state index in [1.165, 1.54) is 24.3 Å². The summed E-state index contributed by atoms with van der Waals surface area (Å²) in [5.41, 5.74) is 0.300. The maximum Gasteiger partial charge on any atom is 0.328 e. The monoisotopic (exact) mass is 260 g/mol. The van der Waals surface area contributed by atoms with Crippen molar-refractivity contribution in [3.8, 4) is 0 Å². The van der Waals surface area contributed by atoms with Crippen LogP contribution >= 0.6 is 11.6 Å². The topological polar surface area (TPSA) is 71.4 Å². The summed E-state index contributed by atoms with van der Waals surface area (Å²) in [6.07, 6.45) is 3.13. The largest absolute Gasteiger partial charge is 0.478 e. The molecule has 0 saturated carbocycles. The molecule has 0 aliphatic rings. The van der Waals surface area contributed by atoms with E-state index in [0.29, 0.717) is 5.56 Å². The van der Waals surface area contributed by atoms with E-state index in [1.807, 2.05) is 0 Å². The second-order valence-corrected chi connectivity index (χ2v) is 5.55. The van der Waals surface area contributed by atoms with Gasteiger partial charge in [-0.05, 0) is 23.8 Å². The Hall–Kier alpha value is -1.33. The Morgan fingerprint density at radius 2 is 2.06 bits per heavy atom. The first-order valence-corrected chi connectivity index (χ1v) is 6.48. The van der Waals surface area contributed by atoms with Gasteiger partial charge in [-0.25, -0.2) is 13.2 Å². The van der Waals surface area contributed by atoms with Crippen LogP contribution in [-0.2, 0) is 14.6 Å². The summed E-state index contributed by atoms with van der Waals surface area (Å²) in [6, 6.07) is 4.24. The van der Waals surface area contributed by atoms with Gasteiger partial charge in [-0.1, -0.05) is 17.7 Å². The number of carboxylic acid groups (broad SMARTS) is 1. The molecule has 1 aromatic rings. The Kier molecular flexibility index (Phi) is 3.72. The number of benzene rings is 1. The Bertz CT molecular complexity index is 546. The molecule has 4 nitrogen and oxygen atoms in total. The van der Waals surface area contributed by atoms with E-state index in [9.17, 15) is 13.2 Å². The molecule has 0 aliphatic heterocycles. The summed E-state index contributed by atoms with van der Waals surface area (Å²) >= 11 is 5.68. The predicted molar refractivity (Wildman–Crippen MR) is 61.2 cm³/mol. The van der Waals surface area contributed by atoms with E-state index < -0.39 is 15.8 Å². The summed E-state index contributed by atoms with van der Waals surface area (Å²) < 4.78 is 22.8. The summed E-state index contributed by atoms with van der Waals surface area (Å²) in [6.45, 7) is 0. The van der Waals surface area contributed by atoms with E-state index in [4.69, 9.17) is 16.7 Å². The highest BCUT2D eigenvalue weighted by molar-refractivity contribution is 7.90. The number of hydrogen-bond donors (Lipinski definition) is 1. The minimum absolute atomic E-state index is 0.0116. The second-order valence-electron chi connectivity index (χ2n) is 3.13. The van der Waals surface area contributed by atoms with Gasteiger partial charge in [-0.2, -0.15) is 0 Å². The number of sulfone groups is 1. The highest BCUT2D eigenvalue weighted by atomic mass is 35.5. The molecule has 0 saturated heterocycles. The lowest BCUT2D eigenvalue weighted by molar-refractivity contribution is -0.131. The third-order valence-corrected chi connectivity index (χ3v) is 3.17. The van der Waals surface area contributed by atoms with Gasteiger partial charge in [-0.15, -0.1) is 0 Å². The molecule has 0 aromatic heterocycles. The van der Waals surface area contributed by atoms with Crippen molar-refractivity contribution in [3.63, 3.8) is 0 Å². The molecule has 0 radical (unpaired) electrons. The molecule has 0 atom stereocenters. The third-order valence-electron chi connectivity index (χ3n) is 1.78.